The number of para-hydroxylation sites is 1. The Bertz CT molecular complexity index is 510. The van der Waals surface area contributed by atoms with Gasteiger partial charge in [-0.05, 0) is 11.6 Å². The van der Waals surface area contributed by atoms with Gasteiger partial charge < -0.3 is 10.8 Å². The Kier molecular flexibility index (Phi) is 3.15. The Hall–Kier alpha value is -2.21. The van der Waals surface area contributed by atoms with Gasteiger partial charge in [-0.2, -0.15) is 5.10 Å². The van der Waals surface area contributed by atoms with Crippen LogP contribution in [0.3, 0.4) is 0 Å². The maximum absolute atomic E-state index is 10.7. The zero-order valence-corrected chi connectivity index (χ0v) is 9.02. The van der Waals surface area contributed by atoms with Crippen LogP contribution >= 0.6 is 0 Å². The fourth-order valence-corrected chi connectivity index (χ4v) is 1.64. The van der Waals surface area contributed by atoms with Crippen LogP contribution in [0.1, 0.15) is 18.0 Å². The molecule has 2 aromatic rings. The molecule has 88 valence electrons. The van der Waals surface area contributed by atoms with Crippen molar-refractivity contribution in [3.05, 3.63) is 42.5 Å². The first-order valence-corrected chi connectivity index (χ1v) is 5.10. The summed E-state index contributed by atoms with van der Waals surface area (Å²) in [6, 6.07) is 6.72. The van der Waals surface area contributed by atoms with Gasteiger partial charge in [0.15, 0.2) is 0 Å². The van der Waals surface area contributed by atoms with Crippen LogP contribution in [0.25, 0.3) is 5.69 Å². The summed E-state index contributed by atoms with van der Waals surface area (Å²) in [5, 5.41) is 12.8. The molecule has 0 fully saturated rings. The van der Waals surface area contributed by atoms with E-state index in [1.807, 2.05) is 18.2 Å². The third-order valence-electron chi connectivity index (χ3n) is 2.40. The third kappa shape index (κ3) is 2.48. The highest BCUT2D eigenvalue weighted by Gasteiger charge is 2.15. The van der Waals surface area contributed by atoms with E-state index in [1.165, 1.54) is 6.33 Å². The molecular formula is C11H12N4O2. The zero-order chi connectivity index (χ0) is 12.3. The predicted molar refractivity (Wildman–Crippen MR) is 60.5 cm³/mol. The lowest BCUT2D eigenvalue weighted by Crippen LogP contribution is -2.17. The number of benzene rings is 1. The van der Waals surface area contributed by atoms with Crippen LogP contribution in [0.5, 0.6) is 0 Å². The first kappa shape index (κ1) is 11.3. The normalized spacial score (nSPS) is 12.3. The van der Waals surface area contributed by atoms with Crippen molar-refractivity contribution in [2.45, 2.75) is 12.5 Å². The number of nitrogens with zero attached hydrogens (tertiary/aromatic N) is 3. The quantitative estimate of drug-likeness (QED) is 0.810. The molecule has 1 unspecified atom stereocenters. The summed E-state index contributed by atoms with van der Waals surface area (Å²) in [4.78, 5) is 14.5. The van der Waals surface area contributed by atoms with Gasteiger partial charge in [-0.15, -0.1) is 0 Å². The Morgan fingerprint density at radius 2 is 2.24 bits per heavy atom. The summed E-state index contributed by atoms with van der Waals surface area (Å²) < 4.78 is 1.57. The molecule has 2 rings (SSSR count). The molecule has 0 spiro atoms. The standard InChI is InChI=1S/C11H12N4O2/c12-9(5-11(16)17)8-3-1-2-4-10(8)15-7-13-6-14-15/h1-4,6-7,9H,5,12H2,(H,16,17). The van der Waals surface area contributed by atoms with Crippen molar-refractivity contribution >= 4 is 5.97 Å². The van der Waals surface area contributed by atoms with Gasteiger partial charge in [0.1, 0.15) is 12.7 Å². The molecule has 0 radical (unpaired) electrons. The minimum absolute atomic E-state index is 0.119. The third-order valence-corrected chi connectivity index (χ3v) is 2.40. The molecule has 0 saturated carbocycles. The van der Waals surface area contributed by atoms with Gasteiger partial charge in [0.25, 0.3) is 0 Å². The number of nitrogens with two attached hydrogens (primary N) is 1. The van der Waals surface area contributed by atoms with E-state index in [-0.39, 0.29) is 6.42 Å². The summed E-state index contributed by atoms with van der Waals surface area (Å²) in [6.07, 6.45) is 2.84. The van der Waals surface area contributed by atoms with Crippen molar-refractivity contribution in [3.63, 3.8) is 0 Å². The van der Waals surface area contributed by atoms with E-state index < -0.39 is 12.0 Å². The minimum atomic E-state index is -0.925. The number of carbonyl (C=O) groups is 1. The van der Waals surface area contributed by atoms with Gasteiger partial charge in [-0.3, -0.25) is 4.79 Å². The molecule has 1 aromatic carbocycles. The first-order chi connectivity index (χ1) is 8.18. The monoisotopic (exact) mass is 232 g/mol. The summed E-state index contributed by atoms with van der Waals surface area (Å²) in [7, 11) is 0. The van der Waals surface area contributed by atoms with Crippen molar-refractivity contribution in [3.8, 4) is 5.69 Å². The van der Waals surface area contributed by atoms with E-state index in [1.54, 1.807) is 17.1 Å². The van der Waals surface area contributed by atoms with Gasteiger partial charge in [0.05, 0.1) is 12.1 Å². The number of hydrogen-bond acceptors (Lipinski definition) is 4. The van der Waals surface area contributed by atoms with Crippen LogP contribution in [0.2, 0.25) is 0 Å². The van der Waals surface area contributed by atoms with Crippen LogP contribution in [-0.2, 0) is 4.79 Å². The number of carboxylic acids is 1. The summed E-state index contributed by atoms with van der Waals surface area (Å²) >= 11 is 0. The average molecular weight is 232 g/mol. The summed E-state index contributed by atoms with van der Waals surface area (Å²) in [5.74, 6) is -0.925. The van der Waals surface area contributed by atoms with Crippen LogP contribution in [0.15, 0.2) is 36.9 Å². The van der Waals surface area contributed by atoms with Crippen LogP contribution in [-0.4, -0.2) is 25.8 Å². The molecule has 0 saturated heterocycles. The van der Waals surface area contributed by atoms with Crippen molar-refractivity contribution < 1.29 is 9.90 Å². The van der Waals surface area contributed by atoms with Gasteiger partial charge in [-0.25, -0.2) is 9.67 Å². The molecule has 0 aliphatic heterocycles. The second-order valence-electron chi connectivity index (χ2n) is 3.60. The lowest BCUT2D eigenvalue weighted by Gasteiger charge is -2.14. The molecular weight excluding hydrogens is 220 g/mol. The van der Waals surface area contributed by atoms with E-state index in [9.17, 15) is 4.79 Å². The van der Waals surface area contributed by atoms with E-state index in [2.05, 4.69) is 10.1 Å². The molecule has 0 bridgehead atoms. The lowest BCUT2D eigenvalue weighted by molar-refractivity contribution is -0.137. The van der Waals surface area contributed by atoms with Crippen molar-refractivity contribution in [2.75, 3.05) is 0 Å². The predicted octanol–water partition coefficient (Wildman–Crippen LogP) is 0.742. The van der Waals surface area contributed by atoms with Crippen LogP contribution in [0.4, 0.5) is 0 Å². The maximum Gasteiger partial charge on any atom is 0.305 e. The molecule has 0 aliphatic carbocycles. The lowest BCUT2D eigenvalue weighted by atomic mass is 10.0. The van der Waals surface area contributed by atoms with Gasteiger partial charge in [0.2, 0.25) is 0 Å². The maximum atomic E-state index is 10.7. The van der Waals surface area contributed by atoms with Crippen LogP contribution in [0, 0.1) is 0 Å². The molecule has 1 aromatic heterocycles. The van der Waals surface area contributed by atoms with Gasteiger partial charge in [0, 0.05) is 6.04 Å². The molecule has 6 nitrogen and oxygen atoms in total. The average Bonchev–Trinajstić information content (AvgIpc) is 2.81. The molecule has 6 heteroatoms. The minimum Gasteiger partial charge on any atom is -0.481 e. The highest BCUT2D eigenvalue weighted by atomic mass is 16.4. The van der Waals surface area contributed by atoms with E-state index in [4.69, 9.17) is 10.8 Å². The first-order valence-electron chi connectivity index (χ1n) is 5.10. The highest BCUT2D eigenvalue weighted by Crippen LogP contribution is 2.21. The number of carboxylic acid groups (broad SMARTS) is 1. The number of hydrogen-bond donors (Lipinski definition) is 2. The van der Waals surface area contributed by atoms with E-state index in [0.717, 1.165) is 11.3 Å². The number of aromatic nitrogens is 3. The SMILES string of the molecule is NC(CC(=O)O)c1ccccc1-n1cncn1. The molecule has 0 aliphatic rings. The molecule has 17 heavy (non-hydrogen) atoms. The second kappa shape index (κ2) is 4.75. The summed E-state index contributed by atoms with van der Waals surface area (Å²) in [5.41, 5.74) is 7.35. The van der Waals surface area contributed by atoms with Crippen molar-refractivity contribution in [1.29, 1.82) is 0 Å². The second-order valence-corrected chi connectivity index (χ2v) is 3.60. The molecule has 3 N–H and O–H groups in total. The van der Waals surface area contributed by atoms with Crippen LogP contribution < -0.4 is 5.73 Å². The Morgan fingerprint density at radius 1 is 1.47 bits per heavy atom. The van der Waals surface area contributed by atoms with E-state index in [0.29, 0.717) is 0 Å². The topological polar surface area (TPSA) is 94.0 Å². The zero-order valence-electron chi connectivity index (χ0n) is 9.02. The molecule has 1 atom stereocenters. The highest BCUT2D eigenvalue weighted by molar-refractivity contribution is 5.68. The van der Waals surface area contributed by atoms with E-state index >= 15 is 0 Å². The number of aliphatic carboxylic acids is 1. The molecule has 0 amide bonds. The Balaban J connectivity index is 2.37. The Labute approximate surface area is 97.7 Å². The van der Waals surface area contributed by atoms with Gasteiger partial charge >= 0.3 is 5.97 Å². The summed E-state index contributed by atoms with van der Waals surface area (Å²) in [6.45, 7) is 0. The van der Waals surface area contributed by atoms with Gasteiger partial charge in [-0.1, -0.05) is 18.2 Å². The Morgan fingerprint density at radius 3 is 2.88 bits per heavy atom. The smallest absolute Gasteiger partial charge is 0.305 e. The number of rotatable bonds is 4. The van der Waals surface area contributed by atoms with Crippen molar-refractivity contribution in [1.82, 2.24) is 14.8 Å². The fraction of sp³-hybridized carbons (Fsp3) is 0.182. The molecule has 1 heterocycles. The fourth-order valence-electron chi connectivity index (χ4n) is 1.64. The van der Waals surface area contributed by atoms with Crippen molar-refractivity contribution in [2.24, 2.45) is 5.73 Å². The largest absolute Gasteiger partial charge is 0.481 e.